The lowest BCUT2D eigenvalue weighted by Crippen LogP contribution is -2.24. The fourth-order valence-electron chi connectivity index (χ4n) is 1.23. The monoisotopic (exact) mass is 292 g/mol. The van der Waals surface area contributed by atoms with Crippen LogP contribution in [0.5, 0.6) is 11.5 Å². The molecule has 0 aliphatic rings. The zero-order valence-electron chi connectivity index (χ0n) is 11.0. The highest BCUT2D eigenvalue weighted by atomic mass is 28.2. The minimum absolute atomic E-state index is 0.0606. The number of hydrogen-bond acceptors (Lipinski definition) is 6. The highest BCUT2D eigenvalue weighted by Crippen LogP contribution is 2.25. The molecule has 104 valence electrons. The van der Waals surface area contributed by atoms with Crippen molar-refractivity contribution < 1.29 is 28.3 Å². The maximum atomic E-state index is 11.1. The summed E-state index contributed by atoms with van der Waals surface area (Å²) in [5, 5.41) is 0.425. The lowest BCUT2D eigenvalue weighted by Gasteiger charge is -2.12. The van der Waals surface area contributed by atoms with Crippen molar-refractivity contribution in [3.05, 3.63) is 30.9 Å². The van der Waals surface area contributed by atoms with Gasteiger partial charge in [0, 0.05) is 25.1 Å². The minimum Gasteiger partial charge on any atom is -0.508 e. The maximum Gasteiger partial charge on any atom is 0.359 e. The first-order chi connectivity index (χ1) is 9.43. The van der Waals surface area contributed by atoms with Crippen molar-refractivity contribution >= 4 is 32.9 Å². The second-order valence-corrected chi connectivity index (χ2v) is 4.49. The summed E-state index contributed by atoms with van der Waals surface area (Å²) in [5.41, 5.74) is 0. The second kappa shape index (κ2) is 7.24. The summed E-state index contributed by atoms with van der Waals surface area (Å²) < 4.78 is 14.9. The van der Waals surface area contributed by atoms with Gasteiger partial charge in [0.25, 0.3) is 0 Å². The third-order valence-electron chi connectivity index (χ3n) is 1.91. The molecular formula is C13H12O6Si. The molecule has 0 aliphatic heterocycles. The Hall–Kier alpha value is -2.41. The Morgan fingerprint density at radius 1 is 1.15 bits per heavy atom. The van der Waals surface area contributed by atoms with Gasteiger partial charge in [0.1, 0.15) is 0 Å². The number of benzene rings is 1. The van der Waals surface area contributed by atoms with E-state index in [1.54, 1.807) is 12.1 Å². The molecule has 20 heavy (non-hydrogen) atoms. The predicted octanol–water partition coefficient (Wildman–Crippen LogP) is 0.511. The van der Waals surface area contributed by atoms with Gasteiger partial charge in [-0.2, -0.15) is 0 Å². The highest BCUT2D eigenvalue weighted by molar-refractivity contribution is 6.50. The van der Waals surface area contributed by atoms with Crippen LogP contribution in [0.4, 0.5) is 0 Å². The van der Waals surface area contributed by atoms with E-state index in [0.717, 1.165) is 6.08 Å². The predicted molar refractivity (Wildman–Crippen MR) is 70.7 cm³/mol. The van der Waals surface area contributed by atoms with E-state index in [9.17, 15) is 14.4 Å². The van der Waals surface area contributed by atoms with Crippen LogP contribution in [0, 0.1) is 0 Å². The number of ether oxygens (including phenoxy) is 2. The van der Waals surface area contributed by atoms with Gasteiger partial charge in [0.15, 0.2) is 11.5 Å². The first kappa shape index (κ1) is 15.6. The molecule has 2 radical (unpaired) electrons. The van der Waals surface area contributed by atoms with Gasteiger partial charge in [-0.05, 0) is 6.07 Å². The largest absolute Gasteiger partial charge is 0.508 e. The molecule has 1 aromatic rings. The molecule has 0 bridgehead atoms. The standard InChI is InChI=1S/C13H12O6Si/c1-4-12(16)19-20-11-7-5-6-10(17-8(2)14)13(11)18-9(3)15/h4-7H,1H2,2-3H3. The zero-order valence-corrected chi connectivity index (χ0v) is 12.0. The fourth-order valence-corrected chi connectivity index (χ4v) is 1.95. The van der Waals surface area contributed by atoms with E-state index < -0.39 is 27.7 Å². The summed E-state index contributed by atoms with van der Waals surface area (Å²) in [6.07, 6.45) is 1.02. The minimum atomic E-state index is -0.602. The number of carbonyl (C=O) groups excluding carboxylic acids is 3. The van der Waals surface area contributed by atoms with Crippen LogP contribution in [0.1, 0.15) is 13.8 Å². The van der Waals surface area contributed by atoms with Crippen LogP contribution >= 0.6 is 0 Å². The summed E-state index contributed by atoms with van der Waals surface area (Å²) in [5.74, 6) is -1.58. The molecule has 0 atom stereocenters. The van der Waals surface area contributed by atoms with Crippen LogP contribution in [0.15, 0.2) is 30.9 Å². The molecule has 0 saturated heterocycles. The number of para-hydroxylation sites is 1. The zero-order chi connectivity index (χ0) is 15.1. The topological polar surface area (TPSA) is 78.9 Å². The molecule has 0 unspecified atom stereocenters. The third kappa shape index (κ3) is 4.69. The number of carbonyl (C=O) groups is 3. The smallest absolute Gasteiger partial charge is 0.359 e. The molecule has 0 saturated carbocycles. The molecule has 0 amide bonds. The Morgan fingerprint density at radius 3 is 2.35 bits per heavy atom. The average molecular weight is 292 g/mol. The molecule has 7 heteroatoms. The van der Waals surface area contributed by atoms with Gasteiger partial charge in [-0.3, -0.25) is 9.59 Å². The Bertz CT molecular complexity index is 552. The fraction of sp³-hybridized carbons (Fsp3) is 0.154. The maximum absolute atomic E-state index is 11.1. The molecule has 0 N–H and O–H groups in total. The molecule has 1 rings (SSSR count). The quantitative estimate of drug-likeness (QED) is 0.340. The van der Waals surface area contributed by atoms with Gasteiger partial charge < -0.3 is 13.9 Å². The van der Waals surface area contributed by atoms with Crippen molar-refractivity contribution in [3.63, 3.8) is 0 Å². The molecular weight excluding hydrogens is 280 g/mol. The van der Waals surface area contributed by atoms with E-state index in [2.05, 4.69) is 6.58 Å². The summed E-state index contributed by atoms with van der Waals surface area (Å²) in [7, 11) is -0.406. The summed E-state index contributed by atoms with van der Waals surface area (Å²) in [4.78, 5) is 33.2. The van der Waals surface area contributed by atoms with Crippen molar-refractivity contribution in [1.82, 2.24) is 0 Å². The van der Waals surface area contributed by atoms with E-state index in [1.165, 1.54) is 19.9 Å². The Labute approximate surface area is 118 Å². The second-order valence-electron chi connectivity index (χ2n) is 3.55. The van der Waals surface area contributed by atoms with Crippen LogP contribution in [0.3, 0.4) is 0 Å². The lowest BCUT2D eigenvalue weighted by atomic mass is 10.3. The van der Waals surface area contributed by atoms with Crippen molar-refractivity contribution in [2.45, 2.75) is 13.8 Å². The number of esters is 2. The van der Waals surface area contributed by atoms with Gasteiger partial charge >= 0.3 is 27.7 Å². The molecule has 0 heterocycles. The van der Waals surface area contributed by atoms with E-state index in [-0.39, 0.29) is 11.5 Å². The van der Waals surface area contributed by atoms with Crippen molar-refractivity contribution in [3.8, 4) is 11.5 Å². The van der Waals surface area contributed by atoms with Gasteiger partial charge in [-0.1, -0.05) is 18.7 Å². The molecule has 0 aromatic heterocycles. The number of hydrogen-bond donors (Lipinski definition) is 0. The van der Waals surface area contributed by atoms with E-state index in [4.69, 9.17) is 13.9 Å². The van der Waals surface area contributed by atoms with Crippen molar-refractivity contribution in [2.75, 3.05) is 0 Å². The van der Waals surface area contributed by atoms with Crippen molar-refractivity contribution in [2.24, 2.45) is 0 Å². The average Bonchev–Trinajstić information content (AvgIpc) is 2.37. The first-order valence-corrected chi connectivity index (χ1v) is 6.44. The molecule has 0 aliphatic carbocycles. The normalized spacial score (nSPS) is 9.50. The summed E-state index contributed by atoms with van der Waals surface area (Å²) >= 11 is 0. The van der Waals surface area contributed by atoms with Gasteiger partial charge in [0.2, 0.25) is 0 Å². The third-order valence-corrected chi connectivity index (χ3v) is 2.82. The van der Waals surface area contributed by atoms with E-state index >= 15 is 0 Å². The Kier molecular flexibility index (Phi) is 5.67. The Morgan fingerprint density at radius 2 is 1.80 bits per heavy atom. The van der Waals surface area contributed by atoms with E-state index in [0.29, 0.717) is 5.19 Å². The molecule has 1 aromatic carbocycles. The van der Waals surface area contributed by atoms with Crippen LogP contribution in [-0.2, 0) is 18.8 Å². The van der Waals surface area contributed by atoms with Crippen LogP contribution < -0.4 is 14.7 Å². The number of rotatable bonds is 5. The van der Waals surface area contributed by atoms with Crippen LogP contribution in [-0.4, -0.2) is 27.7 Å². The lowest BCUT2D eigenvalue weighted by molar-refractivity contribution is -0.134. The van der Waals surface area contributed by atoms with Gasteiger partial charge in [-0.25, -0.2) is 4.79 Å². The van der Waals surface area contributed by atoms with E-state index in [1.807, 2.05) is 0 Å². The summed E-state index contributed by atoms with van der Waals surface area (Å²) in [6.45, 7) is 5.72. The van der Waals surface area contributed by atoms with Crippen molar-refractivity contribution in [1.29, 1.82) is 0 Å². The highest BCUT2D eigenvalue weighted by Gasteiger charge is 2.17. The van der Waals surface area contributed by atoms with Crippen LogP contribution in [0.2, 0.25) is 0 Å². The SMILES string of the molecule is C=CC(=O)O[Si]c1cccc(OC(C)=O)c1OC(C)=O. The summed E-state index contributed by atoms with van der Waals surface area (Å²) in [6, 6.07) is 4.67. The molecule has 0 spiro atoms. The van der Waals surface area contributed by atoms with Crippen LogP contribution in [0.25, 0.3) is 0 Å². The molecule has 6 nitrogen and oxygen atoms in total. The van der Waals surface area contributed by atoms with Gasteiger partial charge in [-0.15, -0.1) is 0 Å². The first-order valence-electron chi connectivity index (χ1n) is 5.53. The molecule has 0 fully saturated rings. The van der Waals surface area contributed by atoms with Gasteiger partial charge in [0.05, 0.1) is 0 Å². The Balaban J connectivity index is 3.07.